The fraction of sp³-hybridized carbons (Fsp3) is 0.538. The van der Waals surface area contributed by atoms with E-state index in [2.05, 4.69) is 10.3 Å². The van der Waals surface area contributed by atoms with Crippen molar-refractivity contribution in [2.45, 2.75) is 38.8 Å². The van der Waals surface area contributed by atoms with Crippen molar-refractivity contribution < 1.29 is 9.18 Å². The van der Waals surface area contributed by atoms with Gasteiger partial charge < -0.3 is 10.2 Å². The lowest BCUT2D eigenvalue weighted by atomic mass is 10.1. The highest BCUT2D eigenvalue weighted by Crippen LogP contribution is 2.23. The normalized spacial score (nSPS) is 20.3. The summed E-state index contributed by atoms with van der Waals surface area (Å²) in [4.78, 5) is 17.5. The Morgan fingerprint density at radius 3 is 2.72 bits per heavy atom. The molecule has 0 bridgehead atoms. The van der Waals surface area contributed by atoms with Gasteiger partial charge in [0.05, 0.1) is 6.04 Å². The van der Waals surface area contributed by atoms with Gasteiger partial charge in [0.25, 0.3) is 0 Å². The van der Waals surface area contributed by atoms with E-state index in [0.29, 0.717) is 18.8 Å². The number of anilines is 1. The van der Waals surface area contributed by atoms with Crippen LogP contribution in [0.5, 0.6) is 0 Å². The number of aromatic nitrogens is 1. The Kier molecular flexibility index (Phi) is 3.24. The van der Waals surface area contributed by atoms with Gasteiger partial charge in [0.15, 0.2) is 0 Å². The summed E-state index contributed by atoms with van der Waals surface area (Å²) in [5.41, 5.74) is -0.178. The number of pyridine rings is 1. The number of nitrogens with zero attached hydrogens (tertiary/aromatic N) is 2. The summed E-state index contributed by atoms with van der Waals surface area (Å²) in [5.74, 6) is 0.0805. The molecule has 5 heteroatoms. The van der Waals surface area contributed by atoms with Crippen molar-refractivity contribution in [1.29, 1.82) is 0 Å². The van der Waals surface area contributed by atoms with Crippen molar-refractivity contribution in [3.05, 3.63) is 24.1 Å². The van der Waals surface area contributed by atoms with Gasteiger partial charge in [-0.2, -0.15) is 4.39 Å². The van der Waals surface area contributed by atoms with Crippen LogP contribution in [0.4, 0.5) is 10.2 Å². The molecule has 1 N–H and O–H groups in total. The van der Waals surface area contributed by atoms with E-state index in [-0.39, 0.29) is 17.5 Å². The second-order valence-corrected chi connectivity index (χ2v) is 5.57. The maximum Gasteiger partial charge on any atom is 0.225 e. The highest BCUT2D eigenvalue weighted by molar-refractivity contribution is 5.80. The van der Waals surface area contributed by atoms with Crippen LogP contribution in [0.1, 0.15) is 27.2 Å². The molecular weight excluding hydrogens is 233 g/mol. The van der Waals surface area contributed by atoms with E-state index < -0.39 is 5.95 Å². The molecule has 1 amide bonds. The van der Waals surface area contributed by atoms with Crippen LogP contribution in [-0.2, 0) is 4.79 Å². The average molecular weight is 251 g/mol. The number of carbonyl (C=O) groups is 1. The lowest BCUT2D eigenvalue weighted by molar-refractivity contribution is -0.131. The van der Waals surface area contributed by atoms with Crippen LogP contribution in [0.2, 0.25) is 0 Å². The third kappa shape index (κ3) is 2.78. The Bertz CT molecular complexity index is 456. The van der Waals surface area contributed by atoms with Crippen LogP contribution in [0.3, 0.4) is 0 Å². The highest BCUT2D eigenvalue weighted by atomic mass is 19.1. The summed E-state index contributed by atoms with van der Waals surface area (Å²) in [7, 11) is 0. The zero-order chi connectivity index (χ0) is 13.3. The van der Waals surface area contributed by atoms with Gasteiger partial charge in [-0.15, -0.1) is 0 Å². The molecule has 0 saturated carbocycles. The van der Waals surface area contributed by atoms with E-state index in [1.807, 2.05) is 25.7 Å². The quantitative estimate of drug-likeness (QED) is 0.818. The molecule has 1 unspecified atom stereocenters. The molecule has 1 aromatic heterocycles. The molecule has 18 heavy (non-hydrogen) atoms. The van der Waals surface area contributed by atoms with Crippen LogP contribution in [0.15, 0.2) is 18.2 Å². The molecule has 0 radical (unpaired) electrons. The summed E-state index contributed by atoms with van der Waals surface area (Å²) >= 11 is 0. The fourth-order valence-corrected chi connectivity index (χ4v) is 2.15. The first-order valence-corrected chi connectivity index (χ1v) is 6.06. The van der Waals surface area contributed by atoms with Crippen molar-refractivity contribution >= 4 is 11.7 Å². The number of amides is 1. The van der Waals surface area contributed by atoms with Crippen molar-refractivity contribution in [1.82, 2.24) is 9.88 Å². The molecule has 4 nitrogen and oxygen atoms in total. The molecule has 1 aliphatic rings. The molecule has 1 fully saturated rings. The minimum atomic E-state index is -0.517. The Morgan fingerprint density at radius 1 is 1.44 bits per heavy atom. The molecule has 0 aromatic carbocycles. The molecule has 0 aliphatic carbocycles. The monoisotopic (exact) mass is 251 g/mol. The number of rotatable bonds is 2. The summed E-state index contributed by atoms with van der Waals surface area (Å²) in [6.45, 7) is 6.65. The second-order valence-electron chi connectivity index (χ2n) is 5.57. The topological polar surface area (TPSA) is 45.2 Å². The Hall–Kier alpha value is -1.65. The third-order valence-electron chi connectivity index (χ3n) is 3.00. The zero-order valence-corrected chi connectivity index (χ0v) is 10.9. The molecule has 1 aromatic rings. The number of hydrogen-bond acceptors (Lipinski definition) is 3. The maximum atomic E-state index is 13.0. The molecule has 2 rings (SSSR count). The Labute approximate surface area is 106 Å². The Balaban J connectivity index is 2.03. The summed E-state index contributed by atoms with van der Waals surface area (Å²) < 4.78 is 13.0. The average Bonchev–Trinajstić information content (AvgIpc) is 2.59. The summed E-state index contributed by atoms with van der Waals surface area (Å²) in [5, 5.41) is 3.10. The number of nitrogens with one attached hydrogen (secondary N) is 1. The summed E-state index contributed by atoms with van der Waals surface area (Å²) in [6.07, 6.45) is 0.426. The summed E-state index contributed by atoms with van der Waals surface area (Å²) in [6, 6.07) is 4.59. The van der Waals surface area contributed by atoms with Crippen molar-refractivity contribution in [3.8, 4) is 0 Å². The standard InChI is InChI=1S/C13H18FN3O/c1-13(2,3)17-8-9(7-12(17)18)15-11-6-4-5-10(14)16-11/h4-6,9H,7-8H2,1-3H3,(H,15,16). The molecule has 1 atom stereocenters. The molecule has 1 saturated heterocycles. The minimum absolute atomic E-state index is 0.00831. The third-order valence-corrected chi connectivity index (χ3v) is 3.00. The molecule has 98 valence electrons. The van der Waals surface area contributed by atoms with Crippen LogP contribution in [0.25, 0.3) is 0 Å². The first-order valence-electron chi connectivity index (χ1n) is 6.06. The van der Waals surface area contributed by atoms with E-state index in [4.69, 9.17) is 0 Å². The maximum absolute atomic E-state index is 13.0. The van der Waals surface area contributed by atoms with Gasteiger partial charge in [0.2, 0.25) is 11.9 Å². The first-order chi connectivity index (χ1) is 8.36. The van der Waals surface area contributed by atoms with Crippen molar-refractivity contribution in [2.75, 3.05) is 11.9 Å². The predicted molar refractivity (Wildman–Crippen MR) is 67.7 cm³/mol. The molecule has 2 heterocycles. The van der Waals surface area contributed by atoms with Crippen molar-refractivity contribution in [2.24, 2.45) is 0 Å². The van der Waals surface area contributed by atoms with Gasteiger partial charge in [-0.05, 0) is 32.9 Å². The largest absolute Gasteiger partial charge is 0.365 e. The SMILES string of the molecule is CC(C)(C)N1CC(Nc2cccc(F)n2)CC1=O. The number of halogens is 1. The lowest BCUT2D eigenvalue weighted by Gasteiger charge is -2.32. The van der Waals surface area contributed by atoms with E-state index in [1.165, 1.54) is 6.07 Å². The molecule has 0 spiro atoms. The van der Waals surface area contributed by atoms with Crippen LogP contribution >= 0.6 is 0 Å². The predicted octanol–water partition coefficient (Wildman–Crippen LogP) is 2.03. The zero-order valence-electron chi connectivity index (χ0n) is 10.9. The Morgan fingerprint density at radius 2 is 2.17 bits per heavy atom. The van der Waals surface area contributed by atoms with E-state index in [0.717, 1.165) is 0 Å². The van der Waals surface area contributed by atoms with Gasteiger partial charge >= 0.3 is 0 Å². The molecular formula is C13H18FN3O. The van der Waals surface area contributed by atoms with Gasteiger partial charge in [0.1, 0.15) is 5.82 Å². The van der Waals surface area contributed by atoms with Gasteiger partial charge in [-0.1, -0.05) is 6.07 Å². The van der Waals surface area contributed by atoms with Gasteiger partial charge in [0, 0.05) is 18.5 Å². The second kappa shape index (κ2) is 4.55. The van der Waals surface area contributed by atoms with Crippen LogP contribution in [-0.4, -0.2) is 33.9 Å². The number of hydrogen-bond donors (Lipinski definition) is 1. The minimum Gasteiger partial charge on any atom is -0.365 e. The highest BCUT2D eigenvalue weighted by Gasteiger charge is 2.36. The number of carbonyl (C=O) groups excluding carboxylic acids is 1. The van der Waals surface area contributed by atoms with E-state index in [1.54, 1.807) is 12.1 Å². The van der Waals surface area contributed by atoms with Crippen LogP contribution < -0.4 is 5.32 Å². The fourth-order valence-electron chi connectivity index (χ4n) is 2.15. The number of likely N-dealkylation sites (tertiary alicyclic amines) is 1. The van der Waals surface area contributed by atoms with E-state index in [9.17, 15) is 9.18 Å². The smallest absolute Gasteiger partial charge is 0.225 e. The van der Waals surface area contributed by atoms with Gasteiger partial charge in [-0.25, -0.2) is 4.98 Å². The van der Waals surface area contributed by atoms with Gasteiger partial charge in [-0.3, -0.25) is 4.79 Å². The molecule has 1 aliphatic heterocycles. The van der Waals surface area contributed by atoms with E-state index >= 15 is 0 Å². The van der Waals surface area contributed by atoms with Crippen molar-refractivity contribution in [3.63, 3.8) is 0 Å². The van der Waals surface area contributed by atoms with Crippen LogP contribution in [0, 0.1) is 5.95 Å². The first kappa shape index (κ1) is 12.8. The lowest BCUT2D eigenvalue weighted by Crippen LogP contribution is -2.43.